The molecule has 2 rings (SSSR count). The van der Waals surface area contributed by atoms with Crippen molar-refractivity contribution in [3.05, 3.63) is 35.4 Å². The van der Waals surface area contributed by atoms with E-state index in [1.54, 1.807) is 26.1 Å². The third-order valence-corrected chi connectivity index (χ3v) is 2.58. The third kappa shape index (κ3) is 2.05. The van der Waals surface area contributed by atoms with Crippen LogP contribution < -0.4 is 5.32 Å². The molecule has 0 aliphatic carbocycles. The zero-order valence-electron chi connectivity index (χ0n) is 9.39. The SMILES string of the molecule is CNc1nc2c(C(F)(F)F)cccc2cc1C. The fraction of sp³-hybridized carbons (Fsp3) is 0.250. The highest BCUT2D eigenvalue weighted by Crippen LogP contribution is 2.34. The molecule has 1 aromatic heterocycles. The number of pyridine rings is 1. The summed E-state index contributed by atoms with van der Waals surface area (Å²) in [4.78, 5) is 4.03. The number of nitrogens with zero attached hydrogens (tertiary/aromatic N) is 1. The van der Waals surface area contributed by atoms with Gasteiger partial charge in [0.15, 0.2) is 0 Å². The van der Waals surface area contributed by atoms with Gasteiger partial charge in [-0.1, -0.05) is 12.1 Å². The molecule has 17 heavy (non-hydrogen) atoms. The lowest BCUT2D eigenvalue weighted by molar-refractivity contribution is -0.136. The van der Waals surface area contributed by atoms with E-state index in [-0.39, 0.29) is 5.52 Å². The maximum atomic E-state index is 12.8. The van der Waals surface area contributed by atoms with Crippen molar-refractivity contribution in [2.45, 2.75) is 13.1 Å². The lowest BCUT2D eigenvalue weighted by Crippen LogP contribution is -2.07. The van der Waals surface area contributed by atoms with Crippen LogP contribution in [0.1, 0.15) is 11.1 Å². The predicted molar refractivity (Wildman–Crippen MR) is 61.0 cm³/mol. The summed E-state index contributed by atoms with van der Waals surface area (Å²) in [6.45, 7) is 1.80. The molecule has 90 valence electrons. The average molecular weight is 240 g/mol. The smallest absolute Gasteiger partial charge is 0.373 e. The van der Waals surface area contributed by atoms with Gasteiger partial charge in [0.2, 0.25) is 0 Å². The molecule has 0 atom stereocenters. The van der Waals surface area contributed by atoms with Gasteiger partial charge in [-0.25, -0.2) is 4.98 Å². The van der Waals surface area contributed by atoms with Crippen LogP contribution in [0, 0.1) is 6.92 Å². The van der Waals surface area contributed by atoms with Crippen LogP contribution in [0.4, 0.5) is 19.0 Å². The van der Waals surface area contributed by atoms with Crippen molar-refractivity contribution in [3.8, 4) is 0 Å². The summed E-state index contributed by atoms with van der Waals surface area (Å²) in [6, 6.07) is 5.77. The number of hydrogen-bond acceptors (Lipinski definition) is 2. The summed E-state index contributed by atoms with van der Waals surface area (Å²) in [7, 11) is 1.64. The van der Waals surface area contributed by atoms with Gasteiger partial charge in [0.25, 0.3) is 0 Å². The highest BCUT2D eigenvalue weighted by Gasteiger charge is 2.33. The van der Waals surface area contributed by atoms with Gasteiger partial charge in [-0.2, -0.15) is 13.2 Å². The van der Waals surface area contributed by atoms with E-state index in [4.69, 9.17) is 0 Å². The summed E-state index contributed by atoms with van der Waals surface area (Å²) < 4.78 is 38.4. The van der Waals surface area contributed by atoms with Crippen molar-refractivity contribution in [2.24, 2.45) is 0 Å². The van der Waals surface area contributed by atoms with Gasteiger partial charge in [0.05, 0.1) is 11.1 Å². The van der Waals surface area contributed by atoms with Crippen molar-refractivity contribution in [1.82, 2.24) is 4.98 Å². The van der Waals surface area contributed by atoms with Crippen LogP contribution in [0.15, 0.2) is 24.3 Å². The largest absolute Gasteiger partial charge is 0.418 e. The quantitative estimate of drug-likeness (QED) is 0.823. The Kier molecular flexibility index (Phi) is 2.69. The van der Waals surface area contributed by atoms with Crippen LogP contribution in [0.25, 0.3) is 10.9 Å². The molecule has 2 nitrogen and oxygen atoms in total. The molecule has 2 aromatic rings. The Hall–Kier alpha value is -1.78. The Labute approximate surface area is 96.5 Å². The van der Waals surface area contributed by atoms with Gasteiger partial charge < -0.3 is 5.32 Å². The third-order valence-electron chi connectivity index (χ3n) is 2.58. The first kappa shape index (κ1) is 11.7. The molecule has 0 radical (unpaired) electrons. The van der Waals surface area contributed by atoms with Crippen molar-refractivity contribution < 1.29 is 13.2 Å². The number of rotatable bonds is 1. The minimum absolute atomic E-state index is 0.0186. The molecular formula is C12H11F3N2. The Morgan fingerprint density at radius 1 is 1.24 bits per heavy atom. The van der Waals surface area contributed by atoms with Gasteiger partial charge in [-0.15, -0.1) is 0 Å². The lowest BCUT2D eigenvalue weighted by Gasteiger charge is -2.12. The lowest BCUT2D eigenvalue weighted by atomic mass is 10.1. The first-order valence-corrected chi connectivity index (χ1v) is 5.09. The van der Waals surface area contributed by atoms with Crippen LogP contribution in [-0.4, -0.2) is 12.0 Å². The summed E-state index contributed by atoms with van der Waals surface area (Å²) in [6.07, 6.45) is -4.38. The molecule has 0 unspecified atom stereocenters. The summed E-state index contributed by atoms with van der Waals surface area (Å²) in [5, 5.41) is 3.28. The molecule has 0 saturated carbocycles. The van der Waals surface area contributed by atoms with E-state index in [0.29, 0.717) is 11.2 Å². The molecule has 1 N–H and O–H groups in total. The normalized spacial score (nSPS) is 11.8. The number of hydrogen-bond donors (Lipinski definition) is 1. The van der Waals surface area contributed by atoms with Crippen molar-refractivity contribution in [2.75, 3.05) is 12.4 Å². The van der Waals surface area contributed by atoms with Crippen LogP contribution >= 0.6 is 0 Å². The topological polar surface area (TPSA) is 24.9 Å². The Morgan fingerprint density at radius 3 is 2.53 bits per heavy atom. The number of aryl methyl sites for hydroxylation is 1. The highest BCUT2D eigenvalue weighted by atomic mass is 19.4. The maximum Gasteiger partial charge on any atom is 0.418 e. The molecule has 0 aliphatic rings. The minimum Gasteiger partial charge on any atom is -0.373 e. The fourth-order valence-electron chi connectivity index (χ4n) is 1.79. The molecule has 1 aromatic carbocycles. The first-order valence-electron chi connectivity index (χ1n) is 5.09. The van der Waals surface area contributed by atoms with E-state index in [1.807, 2.05) is 0 Å². The standard InChI is InChI=1S/C12H11F3N2/c1-7-6-8-4-3-5-9(12(13,14)15)10(8)17-11(7)16-2/h3-6H,1-2H3,(H,16,17). The summed E-state index contributed by atoms with van der Waals surface area (Å²) >= 11 is 0. The second-order valence-corrected chi connectivity index (χ2v) is 3.78. The number of para-hydroxylation sites is 1. The van der Waals surface area contributed by atoms with Crippen LogP contribution in [0.5, 0.6) is 0 Å². The van der Waals surface area contributed by atoms with Gasteiger partial charge in [-0.05, 0) is 24.6 Å². The van der Waals surface area contributed by atoms with Crippen molar-refractivity contribution >= 4 is 16.7 Å². The number of anilines is 1. The first-order chi connectivity index (χ1) is 7.93. The van der Waals surface area contributed by atoms with Gasteiger partial charge in [0.1, 0.15) is 5.82 Å². The van der Waals surface area contributed by atoms with E-state index < -0.39 is 11.7 Å². The predicted octanol–water partition coefficient (Wildman–Crippen LogP) is 3.60. The number of aromatic nitrogens is 1. The Bertz CT molecular complexity index is 561. The number of fused-ring (bicyclic) bond motifs is 1. The molecule has 1 heterocycles. The van der Waals surface area contributed by atoms with E-state index in [9.17, 15) is 13.2 Å². The monoisotopic (exact) mass is 240 g/mol. The van der Waals surface area contributed by atoms with Gasteiger partial charge in [-0.3, -0.25) is 0 Å². The minimum atomic E-state index is -4.38. The molecule has 0 amide bonds. The second kappa shape index (κ2) is 3.91. The van der Waals surface area contributed by atoms with E-state index >= 15 is 0 Å². The van der Waals surface area contributed by atoms with Crippen molar-refractivity contribution in [3.63, 3.8) is 0 Å². The molecule has 0 saturated heterocycles. The Balaban J connectivity index is 2.79. The van der Waals surface area contributed by atoms with Crippen LogP contribution in [-0.2, 0) is 6.18 Å². The molecular weight excluding hydrogens is 229 g/mol. The molecule has 0 spiro atoms. The summed E-state index contributed by atoms with van der Waals surface area (Å²) in [5.74, 6) is 0.467. The number of benzene rings is 1. The highest BCUT2D eigenvalue weighted by molar-refractivity contribution is 5.85. The molecule has 0 aliphatic heterocycles. The Morgan fingerprint density at radius 2 is 1.94 bits per heavy atom. The molecule has 0 fully saturated rings. The fourth-order valence-corrected chi connectivity index (χ4v) is 1.79. The van der Waals surface area contributed by atoms with Crippen LogP contribution in [0.2, 0.25) is 0 Å². The zero-order valence-corrected chi connectivity index (χ0v) is 9.39. The number of halogens is 3. The average Bonchev–Trinajstić information content (AvgIpc) is 2.25. The molecule has 0 bridgehead atoms. The van der Waals surface area contributed by atoms with E-state index in [2.05, 4.69) is 10.3 Å². The maximum absolute atomic E-state index is 12.8. The summed E-state index contributed by atoms with van der Waals surface area (Å²) in [5.41, 5.74) is 0.0979. The van der Waals surface area contributed by atoms with Crippen LogP contribution in [0.3, 0.4) is 0 Å². The zero-order chi connectivity index (χ0) is 12.6. The second-order valence-electron chi connectivity index (χ2n) is 3.78. The number of nitrogens with one attached hydrogen (secondary N) is 1. The van der Waals surface area contributed by atoms with E-state index in [0.717, 1.165) is 11.6 Å². The van der Waals surface area contributed by atoms with E-state index in [1.165, 1.54) is 6.07 Å². The number of alkyl halides is 3. The van der Waals surface area contributed by atoms with Crippen molar-refractivity contribution in [1.29, 1.82) is 0 Å². The van der Waals surface area contributed by atoms with Gasteiger partial charge >= 0.3 is 6.18 Å². The van der Waals surface area contributed by atoms with Gasteiger partial charge in [0, 0.05) is 12.4 Å². The molecule has 5 heteroatoms.